The van der Waals surface area contributed by atoms with Crippen molar-refractivity contribution in [2.24, 2.45) is 0 Å². The lowest BCUT2D eigenvalue weighted by Crippen LogP contribution is -2.52. The number of quaternary nitrogens is 1. The van der Waals surface area contributed by atoms with Crippen molar-refractivity contribution in [3.05, 3.63) is 77.7 Å². The van der Waals surface area contributed by atoms with Crippen LogP contribution >= 0.6 is 0 Å². The Bertz CT molecular complexity index is 1400. The Balaban J connectivity index is 0.000000436. The molecule has 1 aliphatic heterocycles. The topological polar surface area (TPSA) is 157 Å². The Morgan fingerprint density at radius 3 is 1.88 bits per heavy atom. The highest BCUT2D eigenvalue weighted by Gasteiger charge is 2.31. The Kier molecular flexibility index (Phi) is 10.9. The highest BCUT2D eigenvalue weighted by molar-refractivity contribution is 5.95. The van der Waals surface area contributed by atoms with Crippen molar-refractivity contribution in [1.82, 2.24) is 9.88 Å². The van der Waals surface area contributed by atoms with Gasteiger partial charge < -0.3 is 34.5 Å². The first-order chi connectivity index (χ1) is 20.2. The van der Waals surface area contributed by atoms with Crippen molar-refractivity contribution in [3.8, 4) is 22.8 Å². The fourth-order valence-electron chi connectivity index (χ4n) is 4.55. The maximum Gasteiger partial charge on any atom is 0.335 e. The molecule has 0 bridgehead atoms. The van der Waals surface area contributed by atoms with Crippen molar-refractivity contribution in [2.45, 2.75) is 38.0 Å². The summed E-state index contributed by atoms with van der Waals surface area (Å²) in [4.78, 5) is 39.4. The van der Waals surface area contributed by atoms with Crippen LogP contribution < -0.4 is 4.74 Å². The molecule has 1 fully saturated rings. The summed E-state index contributed by atoms with van der Waals surface area (Å²) in [5.74, 6) is -2.59. The van der Waals surface area contributed by atoms with Gasteiger partial charge in [-0.3, -0.25) is 9.78 Å². The molecule has 4 N–H and O–H groups in total. The lowest BCUT2D eigenvalue weighted by Gasteiger charge is -2.40. The molecule has 0 radical (unpaired) electrons. The van der Waals surface area contributed by atoms with Gasteiger partial charge in [0.05, 0.1) is 32.9 Å². The number of nitrogens with zero attached hydrogens (tertiary/aromatic N) is 3. The molecule has 1 amide bonds. The molecule has 1 saturated heterocycles. The van der Waals surface area contributed by atoms with Crippen LogP contribution in [0.4, 0.5) is 4.39 Å². The number of pyridine rings is 1. The van der Waals surface area contributed by atoms with Crippen LogP contribution in [-0.4, -0.2) is 105 Å². The number of rotatable bonds is 8. The van der Waals surface area contributed by atoms with E-state index in [2.05, 4.69) is 19.1 Å². The molecular formula is C31H37FN3O8+. The first-order valence-electron chi connectivity index (χ1n) is 13.6. The van der Waals surface area contributed by atoms with E-state index in [-0.39, 0.29) is 17.8 Å². The summed E-state index contributed by atoms with van der Waals surface area (Å²) in [6.07, 6.45) is -2.50. The third kappa shape index (κ3) is 9.30. The molecule has 2 atom stereocenters. The Morgan fingerprint density at radius 2 is 1.40 bits per heavy atom. The number of carboxylic acids is 2. The predicted octanol–water partition coefficient (Wildman–Crippen LogP) is 3.18. The highest BCUT2D eigenvalue weighted by atomic mass is 19.1. The lowest BCUT2D eigenvalue weighted by atomic mass is 10.0. The molecule has 12 heteroatoms. The number of aliphatic hydroxyl groups excluding tert-OH is 2. The molecule has 3 aromatic rings. The monoisotopic (exact) mass is 598 g/mol. The molecule has 1 aromatic heterocycles. The maximum atomic E-state index is 13.3. The average Bonchev–Trinajstić information content (AvgIpc) is 2.97. The van der Waals surface area contributed by atoms with Gasteiger partial charge in [0.2, 0.25) is 0 Å². The zero-order valence-corrected chi connectivity index (χ0v) is 24.5. The average molecular weight is 599 g/mol. The molecular weight excluding hydrogens is 561 g/mol. The van der Waals surface area contributed by atoms with Crippen LogP contribution in [-0.2, 0) is 9.59 Å². The lowest BCUT2D eigenvalue weighted by molar-refractivity contribution is -0.895. The van der Waals surface area contributed by atoms with Crippen molar-refractivity contribution in [2.75, 3.05) is 34.2 Å². The van der Waals surface area contributed by atoms with Crippen LogP contribution in [0.2, 0.25) is 0 Å². The number of aryl methyl sites for hydroxylation is 1. The van der Waals surface area contributed by atoms with Gasteiger partial charge in [0.1, 0.15) is 17.3 Å². The Hall–Kier alpha value is -4.39. The van der Waals surface area contributed by atoms with E-state index in [0.29, 0.717) is 17.1 Å². The fraction of sp³-hybridized carbons (Fsp3) is 0.355. The molecule has 2 heterocycles. The summed E-state index contributed by atoms with van der Waals surface area (Å²) in [6, 6.07) is 17.4. The SMILES string of the molecule is Cc1cc(C(=O)N(C)C2CC[N+](C)(C)CC2)cc(-c2ccc(Oc3ccc(F)cc3)cc2)n1.O=C(O)C(O)C(O)C(=O)O. The number of carbonyl (C=O) groups excluding carboxylic acids is 1. The number of piperidine rings is 1. The molecule has 43 heavy (non-hydrogen) atoms. The summed E-state index contributed by atoms with van der Waals surface area (Å²) in [5.41, 5.74) is 3.11. The molecule has 0 saturated carbocycles. The van der Waals surface area contributed by atoms with Crippen LogP contribution in [0.1, 0.15) is 28.9 Å². The number of halogens is 1. The number of aliphatic carboxylic acids is 2. The summed E-state index contributed by atoms with van der Waals surface area (Å²) in [6.45, 7) is 4.07. The number of carbonyl (C=O) groups is 3. The second kappa shape index (κ2) is 14.2. The van der Waals surface area contributed by atoms with E-state index in [4.69, 9.17) is 25.2 Å². The molecule has 4 rings (SSSR count). The largest absolute Gasteiger partial charge is 0.479 e. The van der Waals surface area contributed by atoms with E-state index in [1.807, 2.05) is 55.3 Å². The molecule has 2 unspecified atom stereocenters. The number of ether oxygens (including phenoxy) is 1. The smallest absolute Gasteiger partial charge is 0.335 e. The summed E-state index contributed by atoms with van der Waals surface area (Å²) in [7, 11) is 6.40. The van der Waals surface area contributed by atoms with E-state index < -0.39 is 24.1 Å². The molecule has 2 aromatic carbocycles. The van der Waals surface area contributed by atoms with Gasteiger partial charge in [-0.05, 0) is 67.6 Å². The summed E-state index contributed by atoms with van der Waals surface area (Å²) in [5, 5.41) is 32.5. The summed E-state index contributed by atoms with van der Waals surface area (Å²) < 4.78 is 19.9. The predicted molar refractivity (Wildman–Crippen MR) is 155 cm³/mol. The van der Waals surface area contributed by atoms with E-state index in [1.54, 1.807) is 12.1 Å². The highest BCUT2D eigenvalue weighted by Crippen LogP contribution is 2.27. The number of amides is 1. The number of benzene rings is 2. The van der Waals surface area contributed by atoms with Gasteiger partial charge in [0, 0.05) is 42.8 Å². The van der Waals surface area contributed by atoms with Gasteiger partial charge in [-0.15, -0.1) is 0 Å². The Morgan fingerprint density at radius 1 is 0.907 bits per heavy atom. The van der Waals surface area contributed by atoms with Crippen LogP contribution in [0.15, 0.2) is 60.7 Å². The first kappa shape index (κ1) is 33.1. The van der Waals surface area contributed by atoms with Crippen LogP contribution in [0, 0.1) is 12.7 Å². The van der Waals surface area contributed by atoms with Gasteiger partial charge in [0.15, 0.2) is 12.2 Å². The minimum absolute atomic E-state index is 0.0372. The minimum atomic E-state index is -2.27. The van der Waals surface area contributed by atoms with Crippen molar-refractivity contribution >= 4 is 17.8 Å². The second-order valence-electron chi connectivity index (χ2n) is 11.1. The van der Waals surface area contributed by atoms with Crippen LogP contribution in [0.25, 0.3) is 11.3 Å². The molecule has 0 aliphatic carbocycles. The quantitative estimate of drug-likeness (QED) is 0.286. The first-order valence-corrected chi connectivity index (χ1v) is 13.6. The van der Waals surface area contributed by atoms with Crippen LogP contribution in [0.5, 0.6) is 11.5 Å². The molecule has 0 spiro atoms. The number of aromatic nitrogens is 1. The number of hydrogen-bond donors (Lipinski definition) is 4. The zero-order chi connectivity index (χ0) is 31.9. The second-order valence-corrected chi connectivity index (χ2v) is 11.1. The van der Waals surface area contributed by atoms with Gasteiger partial charge in [-0.2, -0.15) is 0 Å². The van der Waals surface area contributed by atoms with Crippen molar-refractivity contribution in [1.29, 1.82) is 0 Å². The maximum absolute atomic E-state index is 13.3. The van der Waals surface area contributed by atoms with Crippen molar-refractivity contribution in [3.63, 3.8) is 0 Å². The van der Waals surface area contributed by atoms with Crippen LogP contribution in [0.3, 0.4) is 0 Å². The summed E-state index contributed by atoms with van der Waals surface area (Å²) >= 11 is 0. The molecule has 1 aliphatic rings. The number of aliphatic hydroxyl groups is 2. The third-order valence-corrected chi connectivity index (χ3v) is 7.21. The standard InChI is InChI=1S/C27H31FN3O2.C4H6O6/c1-19-17-21(27(32)30(2)23-13-15-31(3,4)16-14-23)18-26(29-19)20-5-9-24(10-6-20)33-25-11-7-22(28)8-12-25;5-1(3(7)8)2(6)4(9)10/h5-12,17-18,23H,13-16H2,1-4H3;1-2,5-6H,(H,7,8)(H,9,10)/q+1;. The van der Waals surface area contributed by atoms with E-state index in [0.717, 1.165) is 47.4 Å². The van der Waals surface area contributed by atoms with Gasteiger partial charge in [0.25, 0.3) is 5.91 Å². The van der Waals surface area contributed by atoms with E-state index in [9.17, 15) is 18.8 Å². The molecule has 11 nitrogen and oxygen atoms in total. The van der Waals surface area contributed by atoms with Gasteiger partial charge >= 0.3 is 11.9 Å². The van der Waals surface area contributed by atoms with Crippen molar-refractivity contribution < 1.29 is 48.4 Å². The normalized spacial score (nSPS) is 15.8. The number of hydrogen-bond acceptors (Lipinski definition) is 7. The van der Waals surface area contributed by atoms with E-state index >= 15 is 0 Å². The Labute approximate surface area is 249 Å². The third-order valence-electron chi connectivity index (χ3n) is 7.21. The molecule has 230 valence electrons. The fourth-order valence-corrected chi connectivity index (χ4v) is 4.55. The zero-order valence-electron chi connectivity index (χ0n) is 24.5. The van der Waals surface area contributed by atoms with E-state index in [1.165, 1.54) is 12.1 Å². The number of carboxylic acid groups (broad SMARTS) is 2. The number of likely N-dealkylation sites (tertiary alicyclic amines) is 1. The minimum Gasteiger partial charge on any atom is -0.479 e. The van der Waals surface area contributed by atoms with Gasteiger partial charge in [-0.25, -0.2) is 14.0 Å². The van der Waals surface area contributed by atoms with Gasteiger partial charge in [-0.1, -0.05) is 0 Å².